The highest BCUT2D eigenvalue weighted by atomic mass is 19.4. The summed E-state index contributed by atoms with van der Waals surface area (Å²) in [5.41, 5.74) is 3.65. The molecule has 0 aromatic heterocycles. The summed E-state index contributed by atoms with van der Waals surface area (Å²) in [5.74, 6) is -1.04. The van der Waals surface area contributed by atoms with Crippen LogP contribution in [0, 0.1) is 11.3 Å². The number of carbonyl (C=O) groups excluding carboxylic acids is 1. The van der Waals surface area contributed by atoms with Gasteiger partial charge in [-0.25, -0.2) is 0 Å². The van der Waals surface area contributed by atoms with Crippen molar-refractivity contribution in [3.8, 4) is 0 Å². The first kappa shape index (κ1) is 8.80. The molecule has 3 atom stereocenters. The number of hydrogen-bond acceptors (Lipinski definition) is 2. The van der Waals surface area contributed by atoms with Crippen molar-refractivity contribution in [3.05, 3.63) is 0 Å². The zero-order valence-corrected chi connectivity index (χ0v) is 6.69. The van der Waals surface area contributed by atoms with Crippen molar-refractivity contribution in [2.75, 3.05) is 6.54 Å². The zero-order valence-electron chi connectivity index (χ0n) is 6.69. The maximum atomic E-state index is 12.4. The molecule has 13 heavy (non-hydrogen) atoms. The molecule has 3 unspecified atom stereocenters. The number of hydrogen-bond donors (Lipinski definition) is 2. The molecule has 1 aliphatic heterocycles. The van der Waals surface area contributed by atoms with Crippen LogP contribution in [-0.4, -0.2) is 24.7 Å². The first-order valence-corrected chi connectivity index (χ1v) is 3.99. The summed E-state index contributed by atoms with van der Waals surface area (Å²) < 4.78 is 37.1. The van der Waals surface area contributed by atoms with Crippen LogP contribution < -0.4 is 11.1 Å². The van der Waals surface area contributed by atoms with Crippen LogP contribution in [-0.2, 0) is 4.79 Å². The molecular formula is C7H9F3N2O. The maximum Gasteiger partial charge on any atom is 0.404 e. The predicted molar refractivity (Wildman–Crippen MR) is 37.6 cm³/mol. The van der Waals surface area contributed by atoms with Crippen molar-refractivity contribution in [1.82, 2.24) is 5.32 Å². The van der Waals surface area contributed by atoms with E-state index in [4.69, 9.17) is 5.73 Å². The number of alkyl halides is 3. The van der Waals surface area contributed by atoms with Gasteiger partial charge in [0.25, 0.3) is 0 Å². The van der Waals surface area contributed by atoms with Crippen LogP contribution in [0.1, 0.15) is 6.42 Å². The van der Waals surface area contributed by atoms with E-state index in [0.29, 0.717) is 0 Å². The van der Waals surface area contributed by atoms with E-state index < -0.39 is 23.5 Å². The van der Waals surface area contributed by atoms with Crippen molar-refractivity contribution < 1.29 is 18.0 Å². The average molecular weight is 194 g/mol. The van der Waals surface area contributed by atoms with E-state index >= 15 is 0 Å². The molecule has 1 aliphatic carbocycles. The molecule has 3 nitrogen and oxygen atoms in total. The fourth-order valence-electron chi connectivity index (χ4n) is 2.25. The first-order chi connectivity index (χ1) is 5.89. The molecule has 0 aromatic rings. The van der Waals surface area contributed by atoms with E-state index in [1.807, 2.05) is 0 Å². The Balaban J connectivity index is 2.27. The Morgan fingerprint density at radius 1 is 1.54 bits per heavy atom. The quantitative estimate of drug-likeness (QED) is 0.618. The van der Waals surface area contributed by atoms with Gasteiger partial charge in [-0.3, -0.25) is 4.79 Å². The molecular weight excluding hydrogens is 185 g/mol. The lowest BCUT2D eigenvalue weighted by molar-refractivity contribution is -0.171. The van der Waals surface area contributed by atoms with E-state index in [1.165, 1.54) is 0 Å². The van der Waals surface area contributed by atoms with E-state index in [0.717, 1.165) is 0 Å². The predicted octanol–water partition coefficient (Wildman–Crippen LogP) is 0.0121. The van der Waals surface area contributed by atoms with Gasteiger partial charge in [0.2, 0.25) is 5.91 Å². The Morgan fingerprint density at radius 3 is 2.46 bits per heavy atom. The summed E-state index contributed by atoms with van der Waals surface area (Å²) in [6.45, 7) is 0.243. The van der Waals surface area contributed by atoms with Crippen LogP contribution in [0.3, 0.4) is 0 Å². The zero-order chi connectivity index (χ0) is 9.85. The second-order valence-corrected chi connectivity index (χ2v) is 3.69. The smallest absolute Gasteiger partial charge is 0.369 e. The van der Waals surface area contributed by atoms with Gasteiger partial charge in [0.15, 0.2) is 0 Å². The molecule has 2 rings (SSSR count). The Bertz CT molecular complexity index is 265. The number of primary amides is 1. The molecule has 74 valence electrons. The monoisotopic (exact) mass is 194 g/mol. The molecule has 1 saturated heterocycles. The van der Waals surface area contributed by atoms with E-state index in [9.17, 15) is 18.0 Å². The molecule has 2 aliphatic rings. The van der Waals surface area contributed by atoms with Crippen molar-refractivity contribution in [2.24, 2.45) is 17.1 Å². The molecule has 0 radical (unpaired) electrons. The summed E-state index contributed by atoms with van der Waals surface area (Å²) in [5, 5.41) is 2.29. The van der Waals surface area contributed by atoms with Crippen LogP contribution in [0.25, 0.3) is 0 Å². The Kier molecular flexibility index (Phi) is 1.47. The molecule has 0 spiro atoms. The largest absolute Gasteiger partial charge is 0.404 e. The fourth-order valence-corrected chi connectivity index (χ4v) is 2.25. The number of rotatable bonds is 1. The molecule has 3 N–H and O–H groups in total. The minimum Gasteiger partial charge on any atom is -0.369 e. The van der Waals surface area contributed by atoms with Gasteiger partial charge in [-0.05, 0) is 18.9 Å². The Morgan fingerprint density at radius 2 is 2.15 bits per heavy atom. The number of fused-ring (bicyclic) bond motifs is 1. The second-order valence-electron chi connectivity index (χ2n) is 3.69. The lowest BCUT2D eigenvalue weighted by Crippen LogP contribution is -2.49. The number of nitrogens with two attached hydrogens (primary N) is 1. The minimum atomic E-state index is -4.37. The summed E-state index contributed by atoms with van der Waals surface area (Å²) >= 11 is 0. The van der Waals surface area contributed by atoms with Gasteiger partial charge >= 0.3 is 6.18 Å². The van der Waals surface area contributed by atoms with Gasteiger partial charge in [0, 0.05) is 0 Å². The van der Waals surface area contributed by atoms with E-state index in [2.05, 4.69) is 5.32 Å². The molecule has 0 aromatic carbocycles. The summed E-state index contributed by atoms with van der Waals surface area (Å²) in [6.07, 6.45) is -4.10. The maximum absolute atomic E-state index is 12.4. The number of carbonyl (C=O) groups is 1. The standard InChI is InChI=1S/C7H9F3N2O/c8-7(9,10)4-6(5(11)13)1-3(6)2-12-4/h3-4,12H,1-2H2,(H2,11,13). The average Bonchev–Trinajstić information content (AvgIpc) is 2.55. The number of piperidine rings is 1. The minimum absolute atomic E-state index is 0.211. The first-order valence-electron chi connectivity index (χ1n) is 3.99. The number of amides is 1. The van der Waals surface area contributed by atoms with Gasteiger partial charge in [-0.1, -0.05) is 0 Å². The summed E-state index contributed by atoms with van der Waals surface area (Å²) in [7, 11) is 0. The van der Waals surface area contributed by atoms with Gasteiger partial charge in [-0.15, -0.1) is 0 Å². The van der Waals surface area contributed by atoms with Crippen LogP contribution in [0.5, 0.6) is 0 Å². The van der Waals surface area contributed by atoms with Gasteiger partial charge in [-0.2, -0.15) is 13.2 Å². The van der Waals surface area contributed by atoms with E-state index in [1.54, 1.807) is 0 Å². The Labute approximate surface area is 72.5 Å². The second kappa shape index (κ2) is 2.17. The number of halogens is 3. The van der Waals surface area contributed by atoms with Crippen LogP contribution in [0.15, 0.2) is 0 Å². The van der Waals surface area contributed by atoms with Crippen molar-refractivity contribution in [3.63, 3.8) is 0 Å². The fraction of sp³-hybridized carbons (Fsp3) is 0.857. The molecule has 1 saturated carbocycles. The third-order valence-corrected chi connectivity index (χ3v) is 3.02. The molecule has 1 amide bonds. The van der Waals surface area contributed by atoms with Gasteiger partial charge < -0.3 is 11.1 Å². The summed E-state index contributed by atoms with van der Waals surface area (Å²) in [4.78, 5) is 10.9. The Hall–Kier alpha value is -0.780. The number of nitrogens with one attached hydrogen (secondary N) is 1. The lowest BCUT2D eigenvalue weighted by Gasteiger charge is -2.23. The van der Waals surface area contributed by atoms with E-state index in [-0.39, 0.29) is 18.9 Å². The lowest BCUT2D eigenvalue weighted by atomic mass is 9.95. The van der Waals surface area contributed by atoms with Crippen LogP contribution in [0.4, 0.5) is 13.2 Å². The highest BCUT2D eigenvalue weighted by Gasteiger charge is 2.73. The van der Waals surface area contributed by atoms with Crippen LogP contribution >= 0.6 is 0 Å². The topological polar surface area (TPSA) is 55.1 Å². The molecule has 0 bridgehead atoms. The molecule has 1 heterocycles. The highest BCUT2D eigenvalue weighted by molar-refractivity contribution is 5.86. The van der Waals surface area contributed by atoms with Gasteiger partial charge in [0.05, 0.1) is 5.41 Å². The third-order valence-electron chi connectivity index (χ3n) is 3.02. The van der Waals surface area contributed by atoms with Crippen LogP contribution in [0.2, 0.25) is 0 Å². The molecule has 6 heteroatoms. The third kappa shape index (κ3) is 0.979. The van der Waals surface area contributed by atoms with Crippen molar-refractivity contribution >= 4 is 5.91 Å². The normalized spacial score (nSPS) is 43.0. The SMILES string of the molecule is NC(=O)C12CC1CNC2C(F)(F)F. The molecule has 2 fully saturated rings. The van der Waals surface area contributed by atoms with Crippen molar-refractivity contribution in [1.29, 1.82) is 0 Å². The van der Waals surface area contributed by atoms with Crippen molar-refractivity contribution in [2.45, 2.75) is 18.6 Å². The summed E-state index contributed by atoms with van der Waals surface area (Å²) in [6, 6.07) is -1.73. The highest BCUT2D eigenvalue weighted by Crippen LogP contribution is 2.61. The van der Waals surface area contributed by atoms with Gasteiger partial charge in [0.1, 0.15) is 6.04 Å².